The van der Waals surface area contributed by atoms with Crippen LogP contribution in [0.5, 0.6) is 5.06 Å². The smallest absolute Gasteiger partial charge is 0.344 e. The number of halogens is 4. The Morgan fingerprint density at radius 3 is 2.48 bits per heavy atom. The van der Waals surface area contributed by atoms with Crippen LogP contribution in [0.2, 0.25) is 0 Å². The van der Waals surface area contributed by atoms with Crippen molar-refractivity contribution in [3.63, 3.8) is 0 Å². The fraction of sp³-hybridized carbons (Fsp3) is 0.450. The fourth-order valence-electron chi connectivity index (χ4n) is 3.70. The quantitative estimate of drug-likeness (QED) is 0.404. The summed E-state index contributed by atoms with van der Waals surface area (Å²) in [4.78, 5) is 12.6. The van der Waals surface area contributed by atoms with Crippen molar-refractivity contribution in [1.82, 2.24) is 0 Å². The van der Waals surface area contributed by atoms with Crippen molar-refractivity contribution in [2.24, 2.45) is 5.92 Å². The Labute approximate surface area is 159 Å². The van der Waals surface area contributed by atoms with E-state index < -0.39 is 34.0 Å². The zero-order valence-corrected chi connectivity index (χ0v) is 15.6. The highest BCUT2D eigenvalue weighted by atomic mass is 32.1. The van der Waals surface area contributed by atoms with Gasteiger partial charge in [0.1, 0.15) is 5.56 Å². The molecule has 2 nitrogen and oxygen atoms in total. The van der Waals surface area contributed by atoms with E-state index in [9.17, 15) is 22.4 Å². The number of ether oxygens (including phenoxy) is 1. The normalized spacial score (nSPS) is 20.1. The van der Waals surface area contributed by atoms with Crippen LogP contribution in [0.3, 0.4) is 0 Å². The Hall–Kier alpha value is -1.89. The summed E-state index contributed by atoms with van der Waals surface area (Å²) in [5.74, 6) is -1.66. The maximum Gasteiger partial charge on any atom is 0.344 e. The zero-order valence-electron chi connectivity index (χ0n) is 14.8. The molecule has 7 heteroatoms. The molecule has 1 aromatic carbocycles. The Morgan fingerprint density at radius 2 is 1.85 bits per heavy atom. The Kier molecular flexibility index (Phi) is 6.19. The van der Waals surface area contributed by atoms with Crippen LogP contribution < -0.4 is 4.74 Å². The predicted octanol–water partition coefficient (Wildman–Crippen LogP) is 6.87. The van der Waals surface area contributed by atoms with Gasteiger partial charge in [-0.25, -0.2) is 18.0 Å². The summed E-state index contributed by atoms with van der Waals surface area (Å²) < 4.78 is 57.9. The second kappa shape index (κ2) is 8.42. The monoisotopic (exact) mass is 400 g/mol. The van der Waals surface area contributed by atoms with E-state index in [0.29, 0.717) is 5.92 Å². The Balaban J connectivity index is 1.84. The molecule has 1 aliphatic carbocycles. The number of benzene rings is 1. The zero-order chi connectivity index (χ0) is 19.6. The average molecular weight is 400 g/mol. The highest BCUT2D eigenvalue weighted by Gasteiger charge is 2.30. The molecule has 27 heavy (non-hydrogen) atoms. The van der Waals surface area contributed by atoms with Gasteiger partial charge < -0.3 is 4.74 Å². The van der Waals surface area contributed by atoms with Crippen molar-refractivity contribution in [3.05, 3.63) is 51.9 Å². The number of carbonyl (C=O) groups is 1. The average Bonchev–Trinajstić information content (AvgIpc) is 2.95. The van der Waals surface area contributed by atoms with E-state index in [1.54, 1.807) is 12.1 Å². The summed E-state index contributed by atoms with van der Waals surface area (Å²) in [5, 5.41) is -2.14. The largest absolute Gasteiger partial charge is 0.411 e. The molecular formula is C20H20F4O2S. The molecule has 146 valence electrons. The third kappa shape index (κ3) is 4.18. The molecule has 1 fully saturated rings. The van der Waals surface area contributed by atoms with Crippen molar-refractivity contribution in [3.8, 4) is 5.06 Å². The highest BCUT2D eigenvalue weighted by molar-refractivity contribution is 7.12. The number of esters is 1. The van der Waals surface area contributed by atoms with Crippen LogP contribution in [0, 0.1) is 16.9 Å². The third-order valence-electron chi connectivity index (χ3n) is 5.26. The molecule has 3 rings (SSSR count). The predicted molar refractivity (Wildman–Crippen MR) is 95.6 cm³/mol. The van der Waals surface area contributed by atoms with Gasteiger partial charge in [-0.1, -0.05) is 42.9 Å². The van der Waals surface area contributed by atoms with Gasteiger partial charge in [0, 0.05) is 0 Å². The van der Waals surface area contributed by atoms with Gasteiger partial charge in [0.05, 0.1) is 5.56 Å². The number of rotatable bonds is 5. The van der Waals surface area contributed by atoms with Crippen LogP contribution in [-0.4, -0.2) is 5.97 Å². The van der Waals surface area contributed by atoms with Crippen LogP contribution in [-0.2, 0) is 0 Å². The van der Waals surface area contributed by atoms with Gasteiger partial charge in [-0.15, -0.1) is 0 Å². The van der Waals surface area contributed by atoms with Gasteiger partial charge in [-0.05, 0) is 49.1 Å². The minimum atomic E-state index is -3.27. The molecule has 1 aliphatic rings. The first-order chi connectivity index (χ1) is 12.9. The summed E-state index contributed by atoms with van der Waals surface area (Å²) in [5.41, 5.74) is -0.146. The minimum absolute atomic E-state index is 0.0723. The van der Waals surface area contributed by atoms with E-state index in [1.807, 2.05) is 12.1 Å². The van der Waals surface area contributed by atoms with Gasteiger partial charge in [-0.2, -0.15) is 4.39 Å². The van der Waals surface area contributed by atoms with Crippen molar-refractivity contribution >= 4 is 17.3 Å². The number of alkyl halides is 2. The number of thiophene rings is 1. The lowest BCUT2D eigenvalue weighted by atomic mass is 9.77. The van der Waals surface area contributed by atoms with Crippen LogP contribution in [0.25, 0.3) is 0 Å². The first kappa shape index (κ1) is 19.9. The molecule has 1 heterocycles. The lowest BCUT2D eigenvalue weighted by Crippen LogP contribution is -2.17. The van der Waals surface area contributed by atoms with E-state index in [0.717, 1.165) is 37.7 Å². The highest BCUT2D eigenvalue weighted by Crippen LogP contribution is 2.41. The van der Waals surface area contributed by atoms with Crippen molar-refractivity contribution in [1.29, 1.82) is 0 Å². The second-order valence-corrected chi connectivity index (χ2v) is 7.73. The number of hydrogen-bond donors (Lipinski definition) is 0. The molecule has 0 N–H and O–H groups in total. The summed E-state index contributed by atoms with van der Waals surface area (Å²) in [6.45, 7) is 2.16. The molecule has 0 atom stereocenters. The second-order valence-electron chi connectivity index (χ2n) is 6.79. The summed E-state index contributed by atoms with van der Waals surface area (Å²) >= 11 is 0.0723. The molecular weight excluding hydrogens is 380 g/mol. The van der Waals surface area contributed by atoms with E-state index >= 15 is 0 Å². The minimum Gasteiger partial charge on any atom is -0.411 e. The van der Waals surface area contributed by atoms with Crippen molar-refractivity contribution in [2.75, 3.05) is 0 Å². The molecule has 0 spiro atoms. The SMILES string of the molecule is CCC1CCC(c2ccccc2C(=O)Oc2sc(F)c(F)c2C(F)F)CC1. The first-order valence-corrected chi connectivity index (χ1v) is 9.80. The molecule has 0 amide bonds. The molecule has 0 aliphatic heterocycles. The lowest BCUT2D eigenvalue weighted by molar-refractivity contribution is 0.0726. The van der Waals surface area contributed by atoms with Crippen molar-refractivity contribution in [2.45, 2.75) is 51.4 Å². The Morgan fingerprint density at radius 1 is 1.19 bits per heavy atom. The van der Waals surface area contributed by atoms with E-state index in [1.165, 1.54) is 0 Å². The van der Waals surface area contributed by atoms with Crippen LogP contribution >= 0.6 is 11.3 Å². The van der Waals surface area contributed by atoms with Gasteiger partial charge in [0.2, 0.25) is 5.13 Å². The van der Waals surface area contributed by atoms with Crippen LogP contribution in [0.4, 0.5) is 17.6 Å². The van der Waals surface area contributed by atoms with E-state index in [-0.39, 0.29) is 22.8 Å². The lowest BCUT2D eigenvalue weighted by Gasteiger charge is -2.29. The molecule has 0 unspecified atom stereocenters. The van der Waals surface area contributed by atoms with Gasteiger partial charge >= 0.3 is 5.97 Å². The van der Waals surface area contributed by atoms with Gasteiger partial charge in [0.15, 0.2) is 10.9 Å². The number of carbonyl (C=O) groups excluding carboxylic acids is 1. The van der Waals surface area contributed by atoms with Gasteiger partial charge in [-0.3, -0.25) is 0 Å². The van der Waals surface area contributed by atoms with E-state index in [4.69, 9.17) is 4.74 Å². The first-order valence-electron chi connectivity index (χ1n) is 8.99. The maximum absolute atomic E-state index is 13.5. The molecule has 0 bridgehead atoms. The maximum atomic E-state index is 13.5. The molecule has 0 radical (unpaired) electrons. The third-order valence-corrected chi connectivity index (χ3v) is 6.11. The topological polar surface area (TPSA) is 26.3 Å². The summed E-state index contributed by atoms with van der Waals surface area (Å²) in [6.07, 6.45) is 1.87. The molecule has 1 saturated carbocycles. The standard InChI is InChI=1S/C20H20F4O2S/c1-2-11-7-9-12(10-8-11)13-5-3-4-6-14(13)19(25)26-20-15(17(22)23)16(21)18(24)27-20/h3-6,11-12,17H,2,7-10H2,1H3. The summed E-state index contributed by atoms with van der Waals surface area (Å²) in [7, 11) is 0. The Bertz CT molecular complexity index is 810. The fourth-order valence-corrected chi connectivity index (χ4v) is 4.47. The molecule has 1 aromatic heterocycles. The molecule has 0 saturated heterocycles. The van der Waals surface area contributed by atoms with Crippen molar-refractivity contribution < 1.29 is 27.1 Å². The van der Waals surface area contributed by atoms with Crippen LogP contribution in [0.15, 0.2) is 24.3 Å². The van der Waals surface area contributed by atoms with Gasteiger partial charge in [0.25, 0.3) is 6.43 Å². The van der Waals surface area contributed by atoms with Crippen LogP contribution in [0.1, 0.15) is 72.9 Å². The molecule has 2 aromatic rings. The van der Waals surface area contributed by atoms with E-state index in [2.05, 4.69) is 6.92 Å². The summed E-state index contributed by atoms with van der Waals surface area (Å²) in [6, 6.07) is 6.86. The number of hydrogen-bond acceptors (Lipinski definition) is 3.